The van der Waals surface area contributed by atoms with Crippen molar-refractivity contribution in [2.45, 2.75) is 45.4 Å². The first kappa shape index (κ1) is 18.5. The largest absolute Gasteiger partial charge is 0.481 e. The highest BCUT2D eigenvalue weighted by atomic mass is 16.5. The molecule has 0 spiro atoms. The van der Waals surface area contributed by atoms with Crippen LogP contribution in [-0.2, 0) is 11.8 Å². The molecule has 0 saturated heterocycles. The highest BCUT2D eigenvalue weighted by Crippen LogP contribution is 2.34. The van der Waals surface area contributed by atoms with Gasteiger partial charge in [0.2, 0.25) is 5.88 Å². The number of nitrogens with zero attached hydrogens (tertiary/aromatic N) is 1. The van der Waals surface area contributed by atoms with Crippen LogP contribution in [0.4, 0.5) is 0 Å². The van der Waals surface area contributed by atoms with Gasteiger partial charge in [0, 0.05) is 28.7 Å². The third-order valence-corrected chi connectivity index (χ3v) is 4.89. The fourth-order valence-electron chi connectivity index (χ4n) is 3.32. The number of unbranched alkanes of at least 4 members (excludes halogenated alkanes) is 1. The smallest absolute Gasteiger partial charge is 0.212 e. The lowest BCUT2D eigenvalue weighted by molar-refractivity contribution is 0.398. The third kappa shape index (κ3) is 3.75. The molecular formula is C22H29N3O. The molecule has 3 aromatic rings. The topological polar surface area (TPSA) is 63.9 Å². The number of benzene rings is 1. The molecule has 0 aliphatic rings. The predicted molar refractivity (Wildman–Crippen MR) is 109 cm³/mol. The molecule has 26 heavy (non-hydrogen) atoms. The maximum atomic E-state index is 5.71. The molecule has 1 aromatic carbocycles. The quantitative estimate of drug-likeness (QED) is 0.626. The molecule has 0 aliphatic carbocycles. The maximum Gasteiger partial charge on any atom is 0.212 e. The van der Waals surface area contributed by atoms with Crippen LogP contribution in [0.3, 0.4) is 0 Å². The summed E-state index contributed by atoms with van der Waals surface area (Å²) in [5.74, 6) is 0.629. The number of methoxy groups -OCH3 is 1. The number of hydrogen-bond donors (Lipinski definition) is 2. The lowest BCUT2D eigenvalue weighted by atomic mass is 9.86. The van der Waals surface area contributed by atoms with E-state index in [1.165, 1.54) is 22.0 Å². The minimum Gasteiger partial charge on any atom is -0.481 e. The molecule has 138 valence electrons. The zero-order valence-corrected chi connectivity index (χ0v) is 16.2. The summed E-state index contributed by atoms with van der Waals surface area (Å²) in [7, 11) is 1.64. The van der Waals surface area contributed by atoms with Crippen LogP contribution >= 0.6 is 0 Å². The Labute approximate surface area is 155 Å². The molecule has 4 nitrogen and oxygen atoms in total. The Bertz CT molecular complexity index is 873. The summed E-state index contributed by atoms with van der Waals surface area (Å²) in [5.41, 5.74) is 12.0. The summed E-state index contributed by atoms with van der Waals surface area (Å²) in [5, 5.41) is 1.31. The summed E-state index contributed by atoms with van der Waals surface area (Å²) >= 11 is 0. The first-order valence-electron chi connectivity index (χ1n) is 9.29. The minimum absolute atomic E-state index is 0.127. The van der Waals surface area contributed by atoms with E-state index in [1.54, 1.807) is 7.11 Å². The number of hydrogen-bond acceptors (Lipinski definition) is 3. The summed E-state index contributed by atoms with van der Waals surface area (Å²) in [6.07, 6.45) is 5.00. The van der Waals surface area contributed by atoms with Crippen LogP contribution in [0.5, 0.6) is 5.88 Å². The molecule has 0 radical (unpaired) electrons. The van der Waals surface area contributed by atoms with Crippen LogP contribution in [0, 0.1) is 0 Å². The van der Waals surface area contributed by atoms with E-state index in [1.807, 2.05) is 12.3 Å². The number of fused-ring (bicyclic) bond motifs is 1. The molecule has 4 heteroatoms. The van der Waals surface area contributed by atoms with Crippen LogP contribution in [0.15, 0.2) is 36.5 Å². The number of ether oxygens (including phenoxy) is 1. The zero-order chi connectivity index (χ0) is 18.7. The van der Waals surface area contributed by atoms with Crippen molar-refractivity contribution in [1.29, 1.82) is 0 Å². The van der Waals surface area contributed by atoms with Gasteiger partial charge in [-0.2, -0.15) is 0 Å². The van der Waals surface area contributed by atoms with Gasteiger partial charge in [-0.05, 0) is 60.5 Å². The van der Waals surface area contributed by atoms with Gasteiger partial charge in [-0.3, -0.25) is 0 Å². The van der Waals surface area contributed by atoms with E-state index in [2.05, 4.69) is 55.0 Å². The minimum atomic E-state index is 0.127. The average molecular weight is 351 g/mol. The number of rotatable bonds is 6. The standard InChI is InChI=1S/C22H29N3O/c1-22(2,3)16-9-10-19-18(13-16)17(7-5-6-12-23)21(25-19)15-8-11-20(26-4)24-14-15/h8-11,13-14,25H,5-7,12,23H2,1-4H3. The highest BCUT2D eigenvalue weighted by Gasteiger charge is 2.18. The SMILES string of the molecule is COc1ccc(-c2[nH]c3ccc(C(C)(C)C)cc3c2CCCCN)cn1. The molecule has 0 atom stereocenters. The molecule has 0 fully saturated rings. The van der Waals surface area contributed by atoms with E-state index in [0.717, 1.165) is 37.1 Å². The van der Waals surface area contributed by atoms with Crippen molar-refractivity contribution in [3.8, 4) is 17.1 Å². The van der Waals surface area contributed by atoms with Gasteiger partial charge in [-0.25, -0.2) is 4.98 Å². The maximum absolute atomic E-state index is 5.71. The average Bonchev–Trinajstić information content (AvgIpc) is 2.99. The van der Waals surface area contributed by atoms with E-state index in [0.29, 0.717) is 5.88 Å². The van der Waals surface area contributed by atoms with Crippen LogP contribution in [0.25, 0.3) is 22.2 Å². The van der Waals surface area contributed by atoms with E-state index in [-0.39, 0.29) is 5.41 Å². The van der Waals surface area contributed by atoms with Gasteiger partial charge in [-0.1, -0.05) is 26.8 Å². The summed E-state index contributed by atoms with van der Waals surface area (Å²) in [4.78, 5) is 7.99. The number of H-pyrrole nitrogens is 1. The van der Waals surface area contributed by atoms with Crippen molar-refractivity contribution in [3.63, 3.8) is 0 Å². The summed E-state index contributed by atoms with van der Waals surface area (Å²) in [6, 6.07) is 10.7. The lowest BCUT2D eigenvalue weighted by Gasteiger charge is -2.19. The Balaban J connectivity index is 2.12. The number of aryl methyl sites for hydroxylation is 1. The predicted octanol–water partition coefficient (Wildman–Crippen LogP) is 4.82. The van der Waals surface area contributed by atoms with Crippen molar-refractivity contribution in [2.75, 3.05) is 13.7 Å². The molecule has 0 aliphatic heterocycles. The fraction of sp³-hybridized carbons (Fsp3) is 0.409. The van der Waals surface area contributed by atoms with E-state index in [9.17, 15) is 0 Å². The first-order valence-corrected chi connectivity index (χ1v) is 9.29. The number of pyridine rings is 1. The summed E-state index contributed by atoms with van der Waals surface area (Å²) in [6.45, 7) is 7.49. The van der Waals surface area contributed by atoms with Gasteiger partial charge in [0.05, 0.1) is 12.8 Å². The Morgan fingerprint density at radius 3 is 2.54 bits per heavy atom. The van der Waals surface area contributed by atoms with Crippen LogP contribution < -0.4 is 10.5 Å². The van der Waals surface area contributed by atoms with Crippen LogP contribution in [-0.4, -0.2) is 23.6 Å². The van der Waals surface area contributed by atoms with E-state index in [4.69, 9.17) is 10.5 Å². The zero-order valence-electron chi connectivity index (χ0n) is 16.2. The molecule has 2 aromatic heterocycles. The van der Waals surface area contributed by atoms with E-state index >= 15 is 0 Å². The van der Waals surface area contributed by atoms with Gasteiger partial charge in [0.1, 0.15) is 0 Å². The molecule has 3 rings (SSSR count). The molecule has 0 amide bonds. The van der Waals surface area contributed by atoms with Crippen molar-refractivity contribution < 1.29 is 4.74 Å². The first-order chi connectivity index (χ1) is 12.4. The Morgan fingerprint density at radius 2 is 1.92 bits per heavy atom. The third-order valence-electron chi connectivity index (χ3n) is 4.89. The van der Waals surface area contributed by atoms with Gasteiger partial charge in [0.15, 0.2) is 0 Å². The molecule has 0 bridgehead atoms. The number of aromatic amines is 1. The second kappa shape index (κ2) is 7.50. The molecule has 3 N–H and O–H groups in total. The van der Waals surface area contributed by atoms with Gasteiger partial charge in [0.25, 0.3) is 0 Å². The van der Waals surface area contributed by atoms with Crippen LogP contribution in [0.1, 0.15) is 44.7 Å². The molecule has 0 saturated carbocycles. The summed E-state index contributed by atoms with van der Waals surface area (Å²) < 4.78 is 5.19. The van der Waals surface area contributed by atoms with Crippen molar-refractivity contribution >= 4 is 10.9 Å². The number of nitrogens with two attached hydrogens (primary N) is 1. The van der Waals surface area contributed by atoms with Gasteiger partial charge in [-0.15, -0.1) is 0 Å². The molecular weight excluding hydrogens is 322 g/mol. The fourth-order valence-corrected chi connectivity index (χ4v) is 3.32. The Kier molecular flexibility index (Phi) is 5.33. The van der Waals surface area contributed by atoms with Crippen molar-refractivity contribution in [3.05, 3.63) is 47.7 Å². The number of aromatic nitrogens is 2. The molecule has 0 unspecified atom stereocenters. The Morgan fingerprint density at radius 1 is 1.12 bits per heavy atom. The van der Waals surface area contributed by atoms with E-state index < -0.39 is 0 Å². The van der Waals surface area contributed by atoms with Gasteiger partial charge < -0.3 is 15.5 Å². The van der Waals surface area contributed by atoms with Crippen molar-refractivity contribution in [1.82, 2.24) is 9.97 Å². The second-order valence-electron chi connectivity index (χ2n) is 7.82. The molecule has 2 heterocycles. The highest BCUT2D eigenvalue weighted by molar-refractivity contribution is 5.91. The van der Waals surface area contributed by atoms with Gasteiger partial charge >= 0.3 is 0 Å². The number of nitrogens with one attached hydrogen (secondary N) is 1. The monoisotopic (exact) mass is 351 g/mol. The second-order valence-corrected chi connectivity index (χ2v) is 7.82. The normalized spacial score (nSPS) is 11.9. The van der Waals surface area contributed by atoms with Crippen molar-refractivity contribution in [2.24, 2.45) is 5.73 Å². The lowest BCUT2D eigenvalue weighted by Crippen LogP contribution is -2.10. The van der Waals surface area contributed by atoms with Crippen LogP contribution in [0.2, 0.25) is 0 Å². The Hall–Kier alpha value is -2.33.